The molecule has 0 saturated carbocycles. The second-order valence-electron chi connectivity index (χ2n) is 4.07. The molecule has 16 heavy (non-hydrogen) atoms. The lowest BCUT2D eigenvalue weighted by Crippen LogP contribution is -2.49. The summed E-state index contributed by atoms with van der Waals surface area (Å²) in [6.45, 7) is 5.05. The molecule has 1 aromatic rings. The molecular formula is C12H14BrN3. The molecule has 1 saturated heterocycles. The summed E-state index contributed by atoms with van der Waals surface area (Å²) >= 11 is 3.39. The average Bonchev–Trinajstić information content (AvgIpc) is 2.28. The fourth-order valence-electron chi connectivity index (χ4n) is 2.02. The monoisotopic (exact) mass is 279 g/mol. The van der Waals surface area contributed by atoms with Crippen molar-refractivity contribution in [2.75, 3.05) is 24.5 Å². The first-order chi connectivity index (χ1) is 7.70. The van der Waals surface area contributed by atoms with Gasteiger partial charge in [-0.1, -0.05) is 15.9 Å². The van der Waals surface area contributed by atoms with Crippen molar-refractivity contribution in [2.24, 2.45) is 0 Å². The molecule has 1 aliphatic rings. The highest BCUT2D eigenvalue weighted by atomic mass is 79.9. The van der Waals surface area contributed by atoms with E-state index in [1.165, 1.54) is 0 Å². The Morgan fingerprint density at radius 2 is 2.38 bits per heavy atom. The van der Waals surface area contributed by atoms with Crippen LogP contribution in [-0.4, -0.2) is 25.7 Å². The average molecular weight is 280 g/mol. The Bertz CT molecular complexity index is 425. The summed E-state index contributed by atoms with van der Waals surface area (Å²) in [6, 6.07) is 8.61. The maximum atomic E-state index is 9.13. The number of anilines is 1. The van der Waals surface area contributed by atoms with Crippen LogP contribution in [0, 0.1) is 11.3 Å². The first kappa shape index (κ1) is 11.4. The zero-order chi connectivity index (χ0) is 11.5. The first-order valence-corrected chi connectivity index (χ1v) is 6.18. The summed E-state index contributed by atoms with van der Waals surface area (Å²) in [5.74, 6) is 0. The van der Waals surface area contributed by atoms with Crippen molar-refractivity contribution in [1.82, 2.24) is 5.32 Å². The molecule has 1 fully saturated rings. The molecule has 84 valence electrons. The molecule has 0 bridgehead atoms. The zero-order valence-electron chi connectivity index (χ0n) is 9.20. The topological polar surface area (TPSA) is 39.1 Å². The van der Waals surface area contributed by atoms with Crippen LogP contribution in [0.1, 0.15) is 12.5 Å². The molecule has 0 amide bonds. The Morgan fingerprint density at radius 3 is 3.06 bits per heavy atom. The second kappa shape index (κ2) is 4.86. The van der Waals surface area contributed by atoms with E-state index in [1.807, 2.05) is 18.2 Å². The van der Waals surface area contributed by atoms with E-state index in [-0.39, 0.29) is 0 Å². The SMILES string of the molecule is C[C@H]1CN(c2ccc(Br)cc2C#N)CCN1. The van der Waals surface area contributed by atoms with Gasteiger partial charge in [0.05, 0.1) is 11.3 Å². The fraction of sp³-hybridized carbons (Fsp3) is 0.417. The zero-order valence-corrected chi connectivity index (χ0v) is 10.8. The number of nitrogens with zero attached hydrogens (tertiary/aromatic N) is 2. The van der Waals surface area contributed by atoms with E-state index in [0.717, 1.165) is 35.4 Å². The largest absolute Gasteiger partial charge is 0.368 e. The molecular weight excluding hydrogens is 266 g/mol. The van der Waals surface area contributed by atoms with Crippen molar-refractivity contribution in [3.8, 4) is 6.07 Å². The summed E-state index contributed by atoms with van der Waals surface area (Å²) in [4.78, 5) is 2.27. The summed E-state index contributed by atoms with van der Waals surface area (Å²) in [6.07, 6.45) is 0. The summed E-state index contributed by atoms with van der Waals surface area (Å²) < 4.78 is 0.955. The number of nitriles is 1. The number of nitrogens with one attached hydrogen (secondary N) is 1. The standard InChI is InChI=1S/C12H14BrN3/c1-9-8-16(5-4-15-9)12-3-2-11(13)6-10(12)7-14/h2-3,6,9,15H,4-5,8H2,1H3/t9-/m0/s1. The third-order valence-electron chi connectivity index (χ3n) is 2.79. The summed E-state index contributed by atoms with van der Waals surface area (Å²) in [5.41, 5.74) is 1.78. The molecule has 0 spiro atoms. The molecule has 2 rings (SSSR count). The van der Waals surface area contributed by atoms with E-state index in [2.05, 4.69) is 39.1 Å². The third-order valence-corrected chi connectivity index (χ3v) is 3.28. The Balaban J connectivity index is 2.29. The van der Waals surface area contributed by atoms with Crippen molar-refractivity contribution in [1.29, 1.82) is 5.26 Å². The number of halogens is 1. The van der Waals surface area contributed by atoms with Gasteiger partial charge < -0.3 is 10.2 Å². The van der Waals surface area contributed by atoms with Gasteiger partial charge in [0, 0.05) is 30.1 Å². The highest BCUT2D eigenvalue weighted by Crippen LogP contribution is 2.24. The van der Waals surface area contributed by atoms with Gasteiger partial charge in [-0.05, 0) is 25.1 Å². The van der Waals surface area contributed by atoms with E-state index < -0.39 is 0 Å². The number of hydrogen-bond donors (Lipinski definition) is 1. The quantitative estimate of drug-likeness (QED) is 0.856. The van der Waals surface area contributed by atoms with Crippen molar-refractivity contribution in [2.45, 2.75) is 13.0 Å². The number of piperazine rings is 1. The molecule has 0 aromatic heterocycles. The van der Waals surface area contributed by atoms with Crippen LogP contribution in [0.4, 0.5) is 5.69 Å². The lowest BCUT2D eigenvalue weighted by molar-refractivity contribution is 0.484. The minimum absolute atomic E-state index is 0.476. The molecule has 0 unspecified atom stereocenters. The maximum absolute atomic E-state index is 9.13. The highest BCUT2D eigenvalue weighted by Gasteiger charge is 2.18. The molecule has 1 heterocycles. The van der Waals surface area contributed by atoms with Crippen molar-refractivity contribution in [3.63, 3.8) is 0 Å². The van der Waals surface area contributed by atoms with Gasteiger partial charge in [0.25, 0.3) is 0 Å². The first-order valence-electron chi connectivity index (χ1n) is 5.38. The second-order valence-corrected chi connectivity index (χ2v) is 4.99. The summed E-state index contributed by atoms with van der Waals surface area (Å²) in [7, 11) is 0. The smallest absolute Gasteiger partial charge is 0.101 e. The predicted octanol–water partition coefficient (Wildman–Crippen LogP) is 2.12. The van der Waals surface area contributed by atoms with Crippen LogP contribution in [0.25, 0.3) is 0 Å². The van der Waals surface area contributed by atoms with Crippen LogP contribution < -0.4 is 10.2 Å². The number of benzene rings is 1. The fourth-order valence-corrected chi connectivity index (χ4v) is 2.39. The van der Waals surface area contributed by atoms with E-state index >= 15 is 0 Å². The lowest BCUT2D eigenvalue weighted by atomic mass is 10.1. The van der Waals surface area contributed by atoms with E-state index in [9.17, 15) is 0 Å². The van der Waals surface area contributed by atoms with Crippen LogP contribution in [0.5, 0.6) is 0 Å². The Labute approximate surface area is 104 Å². The van der Waals surface area contributed by atoms with Gasteiger partial charge in [0.2, 0.25) is 0 Å². The van der Waals surface area contributed by atoms with E-state index in [1.54, 1.807) is 0 Å². The number of rotatable bonds is 1. The lowest BCUT2D eigenvalue weighted by Gasteiger charge is -2.34. The van der Waals surface area contributed by atoms with Gasteiger partial charge in [-0.15, -0.1) is 0 Å². The molecule has 1 N–H and O–H groups in total. The van der Waals surface area contributed by atoms with Crippen LogP contribution in [0.2, 0.25) is 0 Å². The van der Waals surface area contributed by atoms with Crippen molar-refractivity contribution < 1.29 is 0 Å². The van der Waals surface area contributed by atoms with Crippen molar-refractivity contribution in [3.05, 3.63) is 28.2 Å². The highest BCUT2D eigenvalue weighted by molar-refractivity contribution is 9.10. The predicted molar refractivity (Wildman–Crippen MR) is 68.5 cm³/mol. The Morgan fingerprint density at radius 1 is 1.56 bits per heavy atom. The molecule has 0 aliphatic carbocycles. The van der Waals surface area contributed by atoms with Gasteiger partial charge in [-0.3, -0.25) is 0 Å². The molecule has 1 aromatic carbocycles. The minimum Gasteiger partial charge on any atom is -0.368 e. The molecule has 4 heteroatoms. The third kappa shape index (κ3) is 2.37. The Kier molecular flexibility index (Phi) is 3.47. The van der Waals surface area contributed by atoms with E-state index in [0.29, 0.717) is 6.04 Å². The molecule has 1 atom stereocenters. The van der Waals surface area contributed by atoms with Gasteiger partial charge in [0.15, 0.2) is 0 Å². The van der Waals surface area contributed by atoms with Crippen LogP contribution >= 0.6 is 15.9 Å². The van der Waals surface area contributed by atoms with Gasteiger partial charge in [-0.2, -0.15) is 5.26 Å². The van der Waals surface area contributed by atoms with E-state index in [4.69, 9.17) is 5.26 Å². The molecule has 0 radical (unpaired) electrons. The van der Waals surface area contributed by atoms with Gasteiger partial charge in [-0.25, -0.2) is 0 Å². The van der Waals surface area contributed by atoms with Crippen LogP contribution in [0.15, 0.2) is 22.7 Å². The minimum atomic E-state index is 0.476. The molecule has 3 nitrogen and oxygen atoms in total. The molecule has 1 aliphatic heterocycles. The number of hydrogen-bond acceptors (Lipinski definition) is 3. The summed E-state index contributed by atoms with van der Waals surface area (Å²) in [5, 5.41) is 12.5. The Hall–Kier alpha value is -1.05. The van der Waals surface area contributed by atoms with Crippen molar-refractivity contribution >= 4 is 21.6 Å². The maximum Gasteiger partial charge on any atom is 0.101 e. The van der Waals surface area contributed by atoms with Crippen LogP contribution in [-0.2, 0) is 0 Å². The van der Waals surface area contributed by atoms with Crippen LogP contribution in [0.3, 0.4) is 0 Å². The van der Waals surface area contributed by atoms with Gasteiger partial charge in [0.1, 0.15) is 6.07 Å². The van der Waals surface area contributed by atoms with Gasteiger partial charge >= 0.3 is 0 Å². The normalized spacial score (nSPS) is 20.6.